The fourth-order valence-electron chi connectivity index (χ4n) is 2.27. The van der Waals surface area contributed by atoms with E-state index in [2.05, 4.69) is 21.2 Å². The molecule has 1 aromatic rings. The average Bonchev–Trinajstić information content (AvgIpc) is 2.43. The summed E-state index contributed by atoms with van der Waals surface area (Å²) in [6.07, 6.45) is 0.441. The predicted molar refractivity (Wildman–Crippen MR) is 80.4 cm³/mol. The van der Waals surface area contributed by atoms with E-state index in [4.69, 9.17) is 4.74 Å². The molecule has 5 nitrogen and oxygen atoms in total. The second kappa shape index (κ2) is 5.73. The number of hydrogen-bond acceptors (Lipinski definition) is 5. The highest BCUT2D eigenvalue weighted by Crippen LogP contribution is 2.30. The topological polar surface area (TPSA) is 72.5 Å². The Kier molecular flexibility index (Phi) is 4.39. The van der Waals surface area contributed by atoms with Gasteiger partial charge in [0, 0.05) is 10.2 Å². The summed E-state index contributed by atoms with van der Waals surface area (Å²) in [6, 6.07) is 7.37. The first-order valence-corrected chi connectivity index (χ1v) is 8.81. The van der Waals surface area contributed by atoms with Crippen molar-refractivity contribution in [1.29, 1.82) is 0 Å². The maximum Gasteiger partial charge on any atom is 0.331 e. The monoisotopic (exact) mass is 361 g/mol. The summed E-state index contributed by atoms with van der Waals surface area (Å²) in [5.41, 5.74) is -0.202. The van der Waals surface area contributed by atoms with Gasteiger partial charge in [0.25, 0.3) is 0 Å². The van der Waals surface area contributed by atoms with Crippen LogP contribution < -0.4 is 5.32 Å². The zero-order valence-electron chi connectivity index (χ0n) is 11.1. The lowest BCUT2D eigenvalue weighted by molar-refractivity contribution is -0.146. The zero-order valence-corrected chi connectivity index (χ0v) is 13.5. The third-order valence-corrected chi connectivity index (χ3v) is 5.66. The van der Waals surface area contributed by atoms with Crippen LogP contribution in [-0.2, 0) is 19.4 Å². The molecule has 0 spiro atoms. The van der Waals surface area contributed by atoms with E-state index < -0.39 is 21.3 Å². The average molecular weight is 362 g/mol. The zero-order chi connectivity index (χ0) is 14.8. The van der Waals surface area contributed by atoms with Crippen LogP contribution in [0, 0.1) is 0 Å². The maximum absolute atomic E-state index is 12.1. The van der Waals surface area contributed by atoms with Gasteiger partial charge >= 0.3 is 5.97 Å². The van der Waals surface area contributed by atoms with Gasteiger partial charge in [0.05, 0.1) is 18.6 Å². The maximum atomic E-state index is 12.1. The molecule has 1 fully saturated rings. The Hall–Kier alpha value is -1.08. The largest absolute Gasteiger partial charge is 0.467 e. The Labute approximate surface area is 126 Å². The quantitative estimate of drug-likeness (QED) is 0.833. The molecule has 2 rings (SSSR count). The van der Waals surface area contributed by atoms with Gasteiger partial charge in [0.2, 0.25) is 0 Å². The van der Waals surface area contributed by atoms with Gasteiger partial charge in [-0.25, -0.2) is 13.2 Å². The number of ether oxygens (including phenoxy) is 1. The summed E-state index contributed by atoms with van der Waals surface area (Å²) in [4.78, 5) is 12.1. The van der Waals surface area contributed by atoms with Crippen LogP contribution in [-0.4, -0.2) is 38.5 Å². The van der Waals surface area contributed by atoms with Gasteiger partial charge in [0.1, 0.15) is 5.54 Å². The van der Waals surface area contributed by atoms with Gasteiger partial charge in [-0.05, 0) is 37.1 Å². The second-order valence-corrected chi connectivity index (χ2v) is 8.08. The Morgan fingerprint density at radius 1 is 1.25 bits per heavy atom. The van der Waals surface area contributed by atoms with Gasteiger partial charge in [-0.2, -0.15) is 0 Å². The molecule has 0 saturated carbocycles. The first-order valence-electron chi connectivity index (χ1n) is 6.19. The highest BCUT2D eigenvalue weighted by Gasteiger charge is 2.44. The third kappa shape index (κ3) is 3.32. The number of nitrogens with one attached hydrogen (secondary N) is 1. The molecule has 0 radical (unpaired) electrons. The second-order valence-electron chi connectivity index (χ2n) is 4.86. The van der Waals surface area contributed by atoms with Crippen LogP contribution in [0.1, 0.15) is 12.8 Å². The smallest absolute Gasteiger partial charge is 0.331 e. The van der Waals surface area contributed by atoms with Crippen LogP contribution >= 0.6 is 15.9 Å². The lowest BCUT2D eigenvalue weighted by Gasteiger charge is -2.35. The number of esters is 1. The van der Waals surface area contributed by atoms with E-state index in [9.17, 15) is 13.2 Å². The van der Waals surface area contributed by atoms with Crippen LogP contribution in [0.15, 0.2) is 28.7 Å². The molecule has 20 heavy (non-hydrogen) atoms. The number of hydrogen-bond donors (Lipinski definition) is 1. The number of anilines is 1. The van der Waals surface area contributed by atoms with Crippen LogP contribution in [0.4, 0.5) is 5.69 Å². The normalized spacial score (nSPS) is 20.1. The summed E-state index contributed by atoms with van der Waals surface area (Å²) in [5, 5.41) is 3.15. The van der Waals surface area contributed by atoms with Crippen molar-refractivity contribution >= 4 is 37.4 Å². The van der Waals surface area contributed by atoms with Crippen molar-refractivity contribution in [3.05, 3.63) is 28.7 Å². The van der Waals surface area contributed by atoms with E-state index >= 15 is 0 Å². The minimum absolute atomic E-state index is 0.00831. The summed E-state index contributed by atoms with van der Waals surface area (Å²) in [5.74, 6) is -0.438. The van der Waals surface area contributed by atoms with Gasteiger partial charge in [0.15, 0.2) is 9.84 Å². The molecule has 0 aromatic heterocycles. The number of carbonyl (C=O) groups is 1. The van der Waals surface area contributed by atoms with Crippen molar-refractivity contribution in [3.63, 3.8) is 0 Å². The summed E-state index contributed by atoms with van der Waals surface area (Å²) in [6.45, 7) is 0. The van der Waals surface area contributed by atoms with Gasteiger partial charge in [-0.1, -0.05) is 15.9 Å². The van der Waals surface area contributed by atoms with Crippen molar-refractivity contribution in [2.75, 3.05) is 23.9 Å². The van der Waals surface area contributed by atoms with Gasteiger partial charge < -0.3 is 10.1 Å². The van der Waals surface area contributed by atoms with E-state index in [-0.39, 0.29) is 24.3 Å². The molecule has 0 bridgehead atoms. The van der Waals surface area contributed by atoms with Crippen molar-refractivity contribution in [3.8, 4) is 0 Å². The highest BCUT2D eigenvalue weighted by atomic mass is 79.9. The predicted octanol–water partition coefficient (Wildman–Crippen LogP) is 1.98. The van der Waals surface area contributed by atoms with E-state index in [1.807, 2.05) is 24.3 Å². The summed E-state index contributed by atoms with van der Waals surface area (Å²) < 4.78 is 28.9. The van der Waals surface area contributed by atoms with E-state index in [0.717, 1.165) is 10.2 Å². The van der Waals surface area contributed by atoms with Crippen LogP contribution in [0.5, 0.6) is 0 Å². The molecule has 0 amide bonds. The van der Waals surface area contributed by atoms with Crippen molar-refractivity contribution in [2.45, 2.75) is 18.4 Å². The number of halogens is 1. The molecule has 0 aliphatic carbocycles. The fourth-order valence-corrected chi connectivity index (χ4v) is 4.06. The minimum Gasteiger partial charge on any atom is -0.467 e. The Balaban J connectivity index is 2.24. The molecule has 110 valence electrons. The molecular weight excluding hydrogens is 346 g/mol. The van der Waals surface area contributed by atoms with Gasteiger partial charge in [-0.15, -0.1) is 0 Å². The number of benzene rings is 1. The van der Waals surface area contributed by atoms with Gasteiger partial charge in [-0.3, -0.25) is 0 Å². The summed E-state index contributed by atoms with van der Waals surface area (Å²) >= 11 is 3.34. The molecule has 1 N–H and O–H groups in total. The Morgan fingerprint density at radius 3 is 2.30 bits per heavy atom. The standard InChI is InChI=1S/C13H16BrNO4S/c1-19-12(16)13(6-8-20(17,18)9-7-13)15-11-4-2-10(14)3-5-11/h2-5,15H,6-9H2,1H3. The molecule has 1 heterocycles. The van der Waals surface area contributed by atoms with Crippen molar-refractivity contribution in [1.82, 2.24) is 0 Å². The molecule has 7 heteroatoms. The lowest BCUT2D eigenvalue weighted by Crippen LogP contribution is -2.52. The van der Waals surface area contributed by atoms with Crippen LogP contribution in [0.25, 0.3) is 0 Å². The fraction of sp³-hybridized carbons (Fsp3) is 0.462. The van der Waals surface area contributed by atoms with E-state index in [1.165, 1.54) is 7.11 Å². The minimum atomic E-state index is -3.05. The molecule has 0 unspecified atom stereocenters. The molecule has 0 atom stereocenters. The third-order valence-electron chi connectivity index (χ3n) is 3.48. The van der Waals surface area contributed by atoms with Crippen LogP contribution in [0.3, 0.4) is 0 Å². The van der Waals surface area contributed by atoms with E-state index in [0.29, 0.717) is 0 Å². The highest BCUT2D eigenvalue weighted by molar-refractivity contribution is 9.10. The lowest BCUT2D eigenvalue weighted by atomic mass is 9.92. The molecular formula is C13H16BrNO4S. The first kappa shape index (κ1) is 15.3. The number of methoxy groups -OCH3 is 1. The Morgan fingerprint density at radius 2 is 1.80 bits per heavy atom. The molecule has 1 aliphatic heterocycles. The number of carbonyl (C=O) groups excluding carboxylic acids is 1. The molecule has 1 aliphatic rings. The summed E-state index contributed by atoms with van der Waals surface area (Å²) in [7, 11) is -1.73. The van der Waals surface area contributed by atoms with Crippen molar-refractivity contribution < 1.29 is 17.9 Å². The number of sulfone groups is 1. The first-order chi connectivity index (χ1) is 9.37. The number of rotatable bonds is 3. The van der Waals surface area contributed by atoms with E-state index in [1.54, 1.807) is 0 Å². The van der Waals surface area contributed by atoms with Crippen molar-refractivity contribution in [2.24, 2.45) is 0 Å². The van der Waals surface area contributed by atoms with Crippen LogP contribution in [0.2, 0.25) is 0 Å². The SMILES string of the molecule is COC(=O)C1(Nc2ccc(Br)cc2)CCS(=O)(=O)CC1. The molecule has 1 aromatic carbocycles. The Bertz CT molecular complexity index is 583. The molecule has 1 saturated heterocycles.